The van der Waals surface area contributed by atoms with E-state index < -0.39 is 23.9 Å². The number of para-hydroxylation sites is 1. The van der Waals surface area contributed by atoms with Crippen molar-refractivity contribution in [2.24, 2.45) is 0 Å². The molecule has 0 saturated heterocycles. The molecular weight excluding hydrogens is 352 g/mol. The van der Waals surface area contributed by atoms with Crippen LogP contribution in [0, 0.1) is 0 Å². The third-order valence-electron chi connectivity index (χ3n) is 3.81. The first kappa shape index (κ1) is 18.1. The number of amides is 1. The number of ether oxygens (including phenoxy) is 2. The largest absolute Gasteiger partial charge is 0.465 e. The summed E-state index contributed by atoms with van der Waals surface area (Å²) in [5.41, 5.74) is 1.74. The van der Waals surface area contributed by atoms with Gasteiger partial charge in [-0.3, -0.25) is 4.79 Å². The van der Waals surface area contributed by atoms with Gasteiger partial charge in [0.15, 0.2) is 18.1 Å². The highest BCUT2D eigenvalue weighted by atomic mass is 16.5. The summed E-state index contributed by atoms with van der Waals surface area (Å²) < 4.78 is 15.0. The smallest absolute Gasteiger partial charge is 0.339 e. The summed E-state index contributed by atoms with van der Waals surface area (Å²) in [6.45, 7) is 1.43. The number of carbonyl (C=O) groups excluding carboxylic acids is 3. The Morgan fingerprint density at radius 3 is 2.67 bits per heavy atom. The van der Waals surface area contributed by atoms with Crippen LogP contribution in [0.5, 0.6) is 0 Å². The van der Waals surface area contributed by atoms with E-state index in [1.165, 1.54) is 38.6 Å². The lowest BCUT2D eigenvalue weighted by molar-refractivity contribution is -0.123. The van der Waals surface area contributed by atoms with E-state index in [0.717, 1.165) is 0 Å². The molecule has 1 aromatic heterocycles. The molecule has 1 amide bonds. The Balaban J connectivity index is 1.69. The molecule has 8 heteroatoms. The highest BCUT2D eigenvalue weighted by Crippen LogP contribution is 2.18. The summed E-state index contributed by atoms with van der Waals surface area (Å²) in [4.78, 5) is 40.3. The standard InChI is InChI=1S/C19H16N2O6/c1-11(17(22)21-14-6-4-3-5-13(14)19(24)25-2)27-18(23)12-7-8-15-16(9-12)26-10-20-15/h3-11H,1-2H3,(H,21,22). The van der Waals surface area contributed by atoms with Crippen LogP contribution in [0.4, 0.5) is 5.69 Å². The normalized spacial score (nSPS) is 11.6. The van der Waals surface area contributed by atoms with Gasteiger partial charge in [-0.15, -0.1) is 0 Å². The van der Waals surface area contributed by atoms with Crippen molar-refractivity contribution < 1.29 is 28.3 Å². The molecular formula is C19H16N2O6. The minimum atomic E-state index is -1.09. The number of hydrogen-bond acceptors (Lipinski definition) is 7. The Morgan fingerprint density at radius 2 is 1.89 bits per heavy atom. The van der Waals surface area contributed by atoms with Gasteiger partial charge in [-0.1, -0.05) is 12.1 Å². The van der Waals surface area contributed by atoms with Gasteiger partial charge in [0.1, 0.15) is 5.52 Å². The lowest BCUT2D eigenvalue weighted by Crippen LogP contribution is -2.30. The quantitative estimate of drug-likeness (QED) is 0.690. The van der Waals surface area contributed by atoms with Gasteiger partial charge < -0.3 is 19.2 Å². The van der Waals surface area contributed by atoms with E-state index in [0.29, 0.717) is 11.1 Å². The van der Waals surface area contributed by atoms with Crippen molar-refractivity contribution in [2.75, 3.05) is 12.4 Å². The van der Waals surface area contributed by atoms with Crippen molar-refractivity contribution in [3.05, 3.63) is 60.0 Å². The Bertz CT molecular complexity index is 1010. The second-order valence-electron chi connectivity index (χ2n) is 5.61. The maximum atomic E-state index is 12.3. The van der Waals surface area contributed by atoms with Crippen LogP contribution in [-0.2, 0) is 14.3 Å². The Labute approximate surface area is 154 Å². The number of fused-ring (bicyclic) bond motifs is 1. The molecule has 1 N–H and O–H groups in total. The molecule has 8 nitrogen and oxygen atoms in total. The molecule has 0 aliphatic carbocycles. The number of benzene rings is 2. The van der Waals surface area contributed by atoms with E-state index in [9.17, 15) is 14.4 Å². The van der Waals surface area contributed by atoms with Gasteiger partial charge in [0.2, 0.25) is 0 Å². The van der Waals surface area contributed by atoms with Crippen LogP contribution >= 0.6 is 0 Å². The number of rotatable bonds is 5. The number of aromatic nitrogens is 1. The fourth-order valence-corrected chi connectivity index (χ4v) is 2.38. The van der Waals surface area contributed by atoms with Crippen LogP contribution in [-0.4, -0.2) is 36.0 Å². The van der Waals surface area contributed by atoms with Gasteiger partial charge in [0.05, 0.1) is 23.9 Å². The molecule has 1 unspecified atom stereocenters. The zero-order chi connectivity index (χ0) is 19.4. The van der Waals surface area contributed by atoms with Gasteiger partial charge in [-0.2, -0.15) is 0 Å². The summed E-state index contributed by atoms with van der Waals surface area (Å²) in [6, 6.07) is 11.0. The molecule has 0 aliphatic rings. The SMILES string of the molecule is COC(=O)c1ccccc1NC(=O)C(C)OC(=O)c1ccc2ncoc2c1. The van der Waals surface area contributed by atoms with Gasteiger partial charge in [-0.05, 0) is 37.3 Å². The second-order valence-corrected chi connectivity index (χ2v) is 5.61. The predicted molar refractivity (Wildman–Crippen MR) is 95.3 cm³/mol. The average molecular weight is 368 g/mol. The highest BCUT2D eigenvalue weighted by Gasteiger charge is 2.21. The number of hydrogen-bond donors (Lipinski definition) is 1. The molecule has 3 aromatic rings. The fraction of sp³-hybridized carbons (Fsp3) is 0.158. The van der Waals surface area contributed by atoms with Crippen LogP contribution < -0.4 is 5.32 Å². The van der Waals surface area contributed by atoms with Crippen LogP contribution in [0.3, 0.4) is 0 Å². The van der Waals surface area contributed by atoms with Crippen molar-refractivity contribution in [1.29, 1.82) is 0 Å². The molecule has 0 radical (unpaired) electrons. The van der Waals surface area contributed by atoms with E-state index in [1.807, 2.05) is 0 Å². The highest BCUT2D eigenvalue weighted by molar-refractivity contribution is 6.03. The number of oxazole rings is 1. The maximum Gasteiger partial charge on any atom is 0.339 e. The Kier molecular flexibility index (Phi) is 5.16. The van der Waals surface area contributed by atoms with E-state index in [2.05, 4.69) is 15.0 Å². The van der Waals surface area contributed by atoms with E-state index in [4.69, 9.17) is 9.15 Å². The summed E-state index contributed by atoms with van der Waals surface area (Å²) in [5.74, 6) is -1.85. The first-order valence-electron chi connectivity index (χ1n) is 8.02. The minimum absolute atomic E-state index is 0.197. The molecule has 0 saturated carbocycles. The molecule has 0 spiro atoms. The van der Waals surface area contributed by atoms with E-state index >= 15 is 0 Å². The Morgan fingerprint density at radius 1 is 1.11 bits per heavy atom. The first-order chi connectivity index (χ1) is 13.0. The van der Waals surface area contributed by atoms with Crippen molar-refractivity contribution in [3.8, 4) is 0 Å². The fourth-order valence-electron chi connectivity index (χ4n) is 2.38. The molecule has 138 valence electrons. The van der Waals surface area contributed by atoms with E-state index in [1.54, 1.807) is 24.3 Å². The summed E-state index contributed by atoms with van der Waals surface area (Å²) >= 11 is 0. The zero-order valence-corrected chi connectivity index (χ0v) is 14.6. The van der Waals surface area contributed by atoms with Gasteiger partial charge >= 0.3 is 11.9 Å². The van der Waals surface area contributed by atoms with Gasteiger partial charge in [-0.25, -0.2) is 14.6 Å². The molecule has 0 bridgehead atoms. The number of carbonyl (C=O) groups is 3. The molecule has 2 aromatic carbocycles. The molecule has 1 atom stereocenters. The second kappa shape index (κ2) is 7.69. The maximum absolute atomic E-state index is 12.3. The van der Waals surface area contributed by atoms with Crippen molar-refractivity contribution in [2.45, 2.75) is 13.0 Å². The number of nitrogens with zero attached hydrogens (tertiary/aromatic N) is 1. The summed E-state index contributed by atoms with van der Waals surface area (Å²) in [6.07, 6.45) is 0.183. The number of methoxy groups -OCH3 is 1. The number of nitrogens with one attached hydrogen (secondary N) is 1. The predicted octanol–water partition coefficient (Wildman–Crippen LogP) is 2.80. The summed E-state index contributed by atoms with van der Waals surface area (Å²) in [5, 5.41) is 2.56. The van der Waals surface area contributed by atoms with Crippen LogP contribution in [0.2, 0.25) is 0 Å². The Hall–Kier alpha value is -3.68. The minimum Gasteiger partial charge on any atom is -0.465 e. The summed E-state index contributed by atoms with van der Waals surface area (Å²) in [7, 11) is 1.25. The third-order valence-corrected chi connectivity index (χ3v) is 3.81. The third kappa shape index (κ3) is 3.95. The topological polar surface area (TPSA) is 108 Å². The molecule has 27 heavy (non-hydrogen) atoms. The van der Waals surface area contributed by atoms with Gasteiger partial charge in [0.25, 0.3) is 5.91 Å². The van der Waals surface area contributed by atoms with Crippen LogP contribution in [0.1, 0.15) is 27.6 Å². The van der Waals surface area contributed by atoms with Crippen molar-refractivity contribution in [3.63, 3.8) is 0 Å². The van der Waals surface area contributed by atoms with Crippen molar-refractivity contribution >= 4 is 34.6 Å². The van der Waals surface area contributed by atoms with Crippen molar-refractivity contribution in [1.82, 2.24) is 4.98 Å². The lowest BCUT2D eigenvalue weighted by atomic mass is 10.1. The number of esters is 2. The molecule has 0 fully saturated rings. The van der Waals surface area contributed by atoms with Gasteiger partial charge in [0, 0.05) is 0 Å². The van der Waals surface area contributed by atoms with E-state index in [-0.39, 0.29) is 16.8 Å². The molecule has 1 heterocycles. The van der Waals surface area contributed by atoms with Crippen LogP contribution in [0.15, 0.2) is 53.3 Å². The van der Waals surface area contributed by atoms with Crippen LogP contribution in [0.25, 0.3) is 11.1 Å². The molecule has 0 aliphatic heterocycles. The monoisotopic (exact) mass is 368 g/mol. The first-order valence-corrected chi connectivity index (χ1v) is 8.02. The zero-order valence-electron chi connectivity index (χ0n) is 14.6. The lowest BCUT2D eigenvalue weighted by Gasteiger charge is -2.15. The average Bonchev–Trinajstić information content (AvgIpc) is 3.15. The molecule has 3 rings (SSSR count). The number of anilines is 1.